The van der Waals surface area contributed by atoms with Crippen LogP contribution in [0.15, 0.2) is 0 Å². The van der Waals surface area contributed by atoms with Crippen LogP contribution in [0.1, 0.15) is 12.8 Å². The van der Waals surface area contributed by atoms with E-state index in [0.717, 1.165) is 12.7 Å². The van der Waals surface area contributed by atoms with E-state index in [0.29, 0.717) is 6.42 Å². The molecule has 0 saturated heterocycles. The van der Waals surface area contributed by atoms with Crippen LogP contribution in [0.25, 0.3) is 0 Å². The van der Waals surface area contributed by atoms with Crippen LogP contribution in [0.4, 0.5) is 0 Å². The minimum atomic E-state index is -1.92. The van der Waals surface area contributed by atoms with Gasteiger partial charge in [0.25, 0.3) is 0 Å². The molecule has 0 aliphatic heterocycles. The predicted octanol–water partition coefficient (Wildman–Crippen LogP) is 2.87. The average molecular weight is 225 g/mol. The molecule has 54 valence electrons. The minimum absolute atomic E-state index is 0.597. The van der Waals surface area contributed by atoms with Crippen LogP contribution in [0.5, 0.6) is 0 Å². The molecule has 0 unspecified atom stereocenters. The fourth-order valence-corrected chi connectivity index (χ4v) is 0.0833. The SMILES string of the molecule is [CH2-]CCC=O.[Cl][Ti+]([Cl])[Cl]. The van der Waals surface area contributed by atoms with Crippen LogP contribution in [-0.2, 0) is 19.5 Å². The van der Waals surface area contributed by atoms with E-state index in [4.69, 9.17) is 27.9 Å². The summed E-state index contributed by atoms with van der Waals surface area (Å²) in [5.41, 5.74) is 0. The van der Waals surface area contributed by atoms with Crippen LogP contribution >= 0.6 is 27.9 Å². The number of carbonyl (C=O) groups excluding carboxylic acids is 1. The summed E-state index contributed by atoms with van der Waals surface area (Å²) >= 11 is -1.92. The Kier molecular flexibility index (Phi) is 17.2. The Hall–Kier alpha value is 1.25. The van der Waals surface area contributed by atoms with Crippen LogP contribution in [0, 0.1) is 6.92 Å². The molecule has 0 amide bonds. The number of rotatable bonds is 2. The third-order valence-electron chi connectivity index (χ3n) is 0.322. The molecule has 0 atom stereocenters. The number of carbonyl (C=O) groups is 1. The van der Waals surface area contributed by atoms with Gasteiger partial charge in [-0.25, -0.2) is 0 Å². The number of hydrogen-bond acceptors (Lipinski definition) is 1. The monoisotopic (exact) mass is 224 g/mol. The Morgan fingerprint density at radius 3 is 1.78 bits per heavy atom. The van der Waals surface area contributed by atoms with Crippen molar-refractivity contribution in [1.29, 1.82) is 0 Å². The molecule has 1 nitrogen and oxygen atoms in total. The normalized spacial score (nSPS) is 7.11. The molecule has 0 heterocycles. The third kappa shape index (κ3) is 46.0. The van der Waals surface area contributed by atoms with E-state index in [2.05, 4.69) is 6.92 Å². The van der Waals surface area contributed by atoms with Crippen molar-refractivity contribution in [1.82, 2.24) is 0 Å². The van der Waals surface area contributed by atoms with Gasteiger partial charge in [0.05, 0.1) is 0 Å². The van der Waals surface area contributed by atoms with Crippen molar-refractivity contribution >= 4 is 34.2 Å². The van der Waals surface area contributed by atoms with E-state index in [9.17, 15) is 4.79 Å². The molecular formula is C4H7Cl3OTi. The molecular weight excluding hydrogens is 218 g/mol. The van der Waals surface area contributed by atoms with Crippen LogP contribution in [0.2, 0.25) is 0 Å². The molecule has 0 spiro atoms. The van der Waals surface area contributed by atoms with Crippen molar-refractivity contribution in [2.24, 2.45) is 0 Å². The van der Waals surface area contributed by atoms with Gasteiger partial charge in [-0.15, -0.1) is 0 Å². The Bertz CT molecular complexity index is 57.0. The summed E-state index contributed by atoms with van der Waals surface area (Å²) in [6.45, 7) is 3.44. The molecule has 0 aromatic rings. The van der Waals surface area contributed by atoms with E-state index >= 15 is 0 Å². The fraction of sp³-hybridized carbons (Fsp3) is 0.500. The van der Waals surface area contributed by atoms with Crippen molar-refractivity contribution in [2.75, 3.05) is 0 Å². The van der Waals surface area contributed by atoms with Gasteiger partial charge in [-0.1, -0.05) is 0 Å². The van der Waals surface area contributed by atoms with Gasteiger partial charge in [0.1, 0.15) is 6.29 Å². The van der Waals surface area contributed by atoms with Crippen LogP contribution in [0.3, 0.4) is 0 Å². The van der Waals surface area contributed by atoms with Crippen molar-refractivity contribution < 1.29 is 19.5 Å². The first-order valence-corrected chi connectivity index (χ1v) is 8.66. The molecule has 0 aliphatic carbocycles. The Morgan fingerprint density at radius 2 is 1.78 bits per heavy atom. The van der Waals surface area contributed by atoms with E-state index in [-0.39, 0.29) is 0 Å². The van der Waals surface area contributed by atoms with Gasteiger partial charge in [0, 0.05) is 0 Å². The first-order valence-electron chi connectivity index (χ1n) is 2.21. The van der Waals surface area contributed by atoms with E-state index < -0.39 is 14.7 Å². The van der Waals surface area contributed by atoms with Crippen LogP contribution < -0.4 is 0 Å². The van der Waals surface area contributed by atoms with Gasteiger partial charge in [0.15, 0.2) is 0 Å². The summed E-state index contributed by atoms with van der Waals surface area (Å²) < 4.78 is 0. The first-order chi connectivity index (χ1) is 4.15. The zero-order valence-electron chi connectivity index (χ0n) is 4.74. The second-order valence-corrected chi connectivity index (χ2v) is 8.76. The van der Waals surface area contributed by atoms with E-state index in [1.54, 1.807) is 0 Å². The molecule has 0 aliphatic rings. The summed E-state index contributed by atoms with van der Waals surface area (Å²) in [6, 6.07) is 0. The molecule has 0 N–H and O–H groups in total. The van der Waals surface area contributed by atoms with Crippen molar-refractivity contribution in [3.05, 3.63) is 6.92 Å². The van der Waals surface area contributed by atoms with Gasteiger partial charge < -0.3 is 11.7 Å². The molecule has 0 aromatic heterocycles. The Labute approximate surface area is 73.1 Å². The van der Waals surface area contributed by atoms with Crippen molar-refractivity contribution in [2.45, 2.75) is 12.8 Å². The fourth-order valence-electron chi connectivity index (χ4n) is 0.0833. The first kappa shape index (κ1) is 12.9. The Balaban J connectivity index is 0. The quantitative estimate of drug-likeness (QED) is 0.401. The maximum absolute atomic E-state index is 9.36. The van der Waals surface area contributed by atoms with Crippen LogP contribution in [-0.4, -0.2) is 6.29 Å². The topological polar surface area (TPSA) is 17.1 Å². The number of hydrogen-bond donors (Lipinski definition) is 0. The van der Waals surface area contributed by atoms with Gasteiger partial charge in [-0.2, -0.15) is 6.42 Å². The molecule has 0 radical (unpaired) electrons. The summed E-state index contributed by atoms with van der Waals surface area (Å²) in [5.74, 6) is 0. The molecule has 9 heavy (non-hydrogen) atoms. The second-order valence-electron chi connectivity index (χ2n) is 1.02. The zero-order chi connectivity index (χ0) is 7.70. The molecule has 0 fully saturated rings. The average Bonchev–Trinajstić information content (AvgIpc) is 1.66. The molecule has 5 heteroatoms. The number of aldehydes is 1. The van der Waals surface area contributed by atoms with Gasteiger partial charge >= 0.3 is 42.6 Å². The standard InChI is InChI=1S/C4H7O.3ClH.Ti/c1-2-3-4-5;;;;/h4H,1-3H2;3*1H;/q-1;;;;+4/p-3. The molecule has 0 aromatic carbocycles. The molecule has 0 bridgehead atoms. The maximum atomic E-state index is 9.36. The van der Waals surface area contributed by atoms with E-state index in [1.165, 1.54) is 0 Å². The predicted molar refractivity (Wildman–Crippen MR) is 38.2 cm³/mol. The van der Waals surface area contributed by atoms with Crippen molar-refractivity contribution in [3.8, 4) is 0 Å². The molecule has 0 rings (SSSR count). The zero-order valence-corrected chi connectivity index (χ0v) is 8.57. The summed E-state index contributed by atoms with van der Waals surface area (Å²) in [6.07, 6.45) is 2.19. The van der Waals surface area contributed by atoms with Gasteiger partial charge in [0.2, 0.25) is 0 Å². The number of halogens is 3. The third-order valence-corrected chi connectivity index (χ3v) is 0.322. The number of unbranched alkanes of at least 4 members (excludes halogenated alkanes) is 1. The molecule has 0 saturated carbocycles. The van der Waals surface area contributed by atoms with Gasteiger partial charge in [-0.3, -0.25) is 0 Å². The summed E-state index contributed by atoms with van der Waals surface area (Å²) in [5, 5.41) is 0. The van der Waals surface area contributed by atoms with Crippen molar-refractivity contribution in [3.63, 3.8) is 0 Å². The summed E-state index contributed by atoms with van der Waals surface area (Å²) in [7, 11) is 14.9. The van der Waals surface area contributed by atoms with Gasteiger partial charge in [-0.05, 0) is 6.42 Å². The van der Waals surface area contributed by atoms with E-state index in [1.807, 2.05) is 0 Å². The Morgan fingerprint density at radius 1 is 1.44 bits per heavy atom. The summed E-state index contributed by atoms with van der Waals surface area (Å²) in [4.78, 5) is 9.36. The second kappa shape index (κ2) is 12.0.